The van der Waals surface area contributed by atoms with E-state index in [1.54, 1.807) is 0 Å². The zero-order valence-electron chi connectivity index (χ0n) is 16.5. The molecule has 2 aromatic carbocycles. The van der Waals surface area contributed by atoms with Crippen molar-refractivity contribution in [3.05, 3.63) is 86.9 Å². The number of ether oxygens (including phenoxy) is 1. The molecule has 6 heteroatoms. The molecule has 4 nitrogen and oxygen atoms in total. The Labute approximate surface area is 179 Å². The lowest BCUT2D eigenvalue weighted by atomic mass is 10.00. The zero-order chi connectivity index (χ0) is 20.5. The van der Waals surface area contributed by atoms with Crippen LogP contribution >= 0.6 is 23.4 Å². The minimum absolute atomic E-state index is 0.0875. The molecular formula is C23H21ClN2O2S. The minimum atomic E-state index is -0.307. The number of allylic oxidation sites excluding steroid dienone is 1. The van der Waals surface area contributed by atoms with Gasteiger partial charge in [0.15, 0.2) is 5.17 Å². The summed E-state index contributed by atoms with van der Waals surface area (Å²) in [6.07, 6.45) is 2.13. The van der Waals surface area contributed by atoms with Crippen LogP contribution in [-0.4, -0.2) is 22.6 Å². The van der Waals surface area contributed by atoms with Gasteiger partial charge in [-0.15, -0.1) is 0 Å². The number of hydrogen-bond donors (Lipinski definition) is 0. The van der Waals surface area contributed by atoms with E-state index in [1.807, 2.05) is 38.1 Å². The molecule has 29 heavy (non-hydrogen) atoms. The summed E-state index contributed by atoms with van der Waals surface area (Å²) in [5.41, 5.74) is 5.07. The first-order chi connectivity index (χ1) is 14.0. The first kappa shape index (κ1) is 19.8. The first-order valence-corrected chi connectivity index (χ1v) is 10.7. The number of aryl methyl sites for hydroxylation is 1. The Morgan fingerprint density at radius 3 is 2.48 bits per heavy atom. The highest BCUT2D eigenvalue weighted by molar-refractivity contribution is 8.18. The smallest absolute Gasteiger partial charge is 0.346 e. The van der Waals surface area contributed by atoms with Gasteiger partial charge in [-0.1, -0.05) is 53.6 Å². The number of carbonyl (C=O) groups is 1. The predicted molar refractivity (Wildman–Crippen MR) is 120 cm³/mol. The molecule has 2 heterocycles. The molecule has 0 unspecified atom stereocenters. The van der Waals surface area contributed by atoms with E-state index in [0.717, 1.165) is 27.7 Å². The number of aliphatic imine (C=N–C) groups is 1. The third-order valence-electron chi connectivity index (χ3n) is 4.92. The standard InChI is InChI=1S/C23H21ClN2O2S/c1-4-28-22(27)21-15(3)26-20(17-9-11-18(24)12-10-17)13-19(25-23(26)29-21)16-7-5-14(2)6-8-16/h5-13,20H,4H2,1-3H3/t20-/m0/s1. The Balaban J connectivity index is 1.80. The normalized spacial score (nSPS) is 18.3. The molecule has 0 N–H and O–H groups in total. The topological polar surface area (TPSA) is 41.9 Å². The zero-order valence-corrected chi connectivity index (χ0v) is 18.1. The highest BCUT2D eigenvalue weighted by Crippen LogP contribution is 2.45. The summed E-state index contributed by atoms with van der Waals surface area (Å²) >= 11 is 7.47. The van der Waals surface area contributed by atoms with Gasteiger partial charge in [-0.25, -0.2) is 9.79 Å². The second-order valence-electron chi connectivity index (χ2n) is 6.92. The van der Waals surface area contributed by atoms with Crippen LogP contribution in [0.4, 0.5) is 0 Å². The van der Waals surface area contributed by atoms with E-state index in [1.165, 1.54) is 17.3 Å². The van der Waals surface area contributed by atoms with Gasteiger partial charge in [0.05, 0.1) is 18.3 Å². The Hall–Kier alpha value is -2.50. The van der Waals surface area contributed by atoms with Gasteiger partial charge < -0.3 is 9.64 Å². The lowest BCUT2D eigenvalue weighted by Gasteiger charge is -2.32. The van der Waals surface area contributed by atoms with Gasteiger partial charge in [0.25, 0.3) is 0 Å². The molecular weight excluding hydrogens is 404 g/mol. The van der Waals surface area contributed by atoms with Crippen molar-refractivity contribution in [3.8, 4) is 0 Å². The number of fused-ring (bicyclic) bond motifs is 1. The fourth-order valence-corrected chi connectivity index (χ4v) is 4.60. The number of rotatable bonds is 4. The number of hydrogen-bond acceptors (Lipinski definition) is 5. The van der Waals surface area contributed by atoms with Gasteiger partial charge in [-0.3, -0.25) is 0 Å². The third-order valence-corrected chi connectivity index (χ3v) is 6.31. The summed E-state index contributed by atoms with van der Waals surface area (Å²) in [7, 11) is 0. The molecule has 148 valence electrons. The number of halogens is 1. The maximum atomic E-state index is 12.5. The molecule has 0 saturated carbocycles. The quantitative estimate of drug-likeness (QED) is 0.569. The third kappa shape index (κ3) is 3.85. The maximum Gasteiger partial charge on any atom is 0.346 e. The van der Waals surface area contributed by atoms with E-state index < -0.39 is 0 Å². The largest absolute Gasteiger partial charge is 0.462 e. The van der Waals surface area contributed by atoms with Crippen LogP contribution in [0.1, 0.15) is 36.6 Å². The summed E-state index contributed by atoms with van der Waals surface area (Å²) < 4.78 is 5.25. The summed E-state index contributed by atoms with van der Waals surface area (Å²) in [6, 6.07) is 16.0. The minimum Gasteiger partial charge on any atom is -0.462 e. The van der Waals surface area contributed by atoms with Crippen molar-refractivity contribution in [2.45, 2.75) is 26.8 Å². The fourth-order valence-electron chi connectivity index (χ4n) is 3.41. The molecule has 1 atom stereocenters. The van der Waals surface area contributed by atoms with Crippen molar-refractivity contribution in [2.75, 3.05) is 6.61 Å². The van der Waals surface area contributed by atoms with Crippen LogP contribution in [0.25, 0.3) is 5.70 Å². The second-order valence-corrected chi connectivity index (χ2v) is 8.33. The fraction of sp³-hybridized carbons (Fsp3) is 0.217. The first-order valence-electron chi connectivity index (χ1n) is 9.46. The van der Waals surface area contributed by atoms with Crippen LogP contribution in [0.5, 0.6) is 0 Å². The van der Waals surface area contributed by atoms with Crippen LogP contribution in [0.2, 0.25) is 5.02 Å². The predicted octanol–water partition coefficient (Wildman–Crippen LogP) is 5.94. The molecule has 0 radical (unpaired) electrons. The van der Waals surface area contributed by atoms with Crippen LogP contribution < -0.4 is 0 Å². The monoisotopic (exact) mass is 424 g/mol. The number of nitrogens with zero attached hydrogens (tertiary/aromatic N) is 2. The van der Waals surface area contributed by atoms with Crippen LogP contribution in [-0.2, 0) is 9.53 Å². The van der Waals surface area contributed by atoms with Gasteiger partial charge in [0.2, 0.25) is 0 Å². The Morgan fingerprint density at radius 1 is 1.14 bits per heavy atom. The number of esters is 1. The Kier molecular flexibility index (Phi) is 5.52. The van der Waals surface area contributed by atoms with Gasteiger partial charge in [0.1, 0.15) is 4.91 Å². The van der Waals surface area contributed by atoms with Gasteiger partial charge in [-0.2, -0.15) is 0 Å². The van der Waals surface area contributed by atoms with Crippen molar-refractivity contribution in [2.24, 2.45) is 4.99 Å². The second kappa shape index (κ2) is 8.09. The number of benzene rings is 2. The molecule has 2 aliphatic heterocycles. The molecule has 0 aromatic heterocycles. The van der Waals surface area contributed by atoms with Gasteiger partial charge in [-0.05, 0) is 61.9 Å². The van der Waals surface area contributed by atoms with E-state index in [-0.39, 0.29) is 12.0 Å². The average molecular weight is 425 g/mol. The molecule has 0 saturated heterocycles. The highest BCUT2D eigenvalue weighted by atomic mass is 35.5. The van der Waals surface area contributed by atoms with E-state index in [9.17, 15) is 4.79 Å². The van der Waals surface area contributed by atoms with Crippen molar-refractivity contribution in [1.82, 2.24) is 4.90 Å². The lowest BCUT2D eigenvalue weighted by molar-refractivity contribution is -0.137. The van der Waals surface area contributed by atoms with Crippen molar-refractivity contribution in [3.63, 3.8) is 0 Å². The molecule has 2 aliphatic rings. The summed E-state index contributed by atoms with van der Waals surface area (Å²) in [6.45, 7) is 6.16. The van der Waals surface area contributed by atoms with Crippen LogP contribution in [0.3, 0.4) is 0 Å². The maximum absolute atomic E-state index is 12.5. The molecule has 0 amide bonds. The van der Waals surface area contributed by atoms with Crippen molar-refractivity contribution >= 4 is 40.2 Å². The number of amidine groups is 1. The van der Waals surface area contributed by atoms with E-state index in [0.29, 0.717) is 16.5 Å². The van der Waals surface area contributed by atoms with Crippen molar-refractivity contribution < 1.29 is 9.53 Å². The van der Waals surface area contributed by atoms with E-state index in [2.05, 4.69) is 42.2 Å². The van der Waals surface area contributed by atoms with Crippen molar-refractivity contribution in [1.29, 1.82) is 0 Å². The van der Waals surface area contributed by atoms with Gasteiger partial charge >= 0.3 is 5.97 Å². The van der Waals surface area contributed by atoms with Crippen LogP contribution in [0.15, 0.2) is 70.2 Å². The molecule has 2 aromatic rings. The molecule has 0 bridgehead atoms. The SMILES string of the molecule is CCOC(=O)C1=C(C)N2C(=NC(c3ccc(C)cc3)=C[C@H]2c2ccc(Cl)cc2)S1. The molecule has 0 fully saturated rings. The number of thioether (sulfide) groups is 1. The van der Waals surface area contributed by atoms with Crippen LogP contribution in [0, 0.1) is 6.92 Å². The summed E-state index contributed by atoms with van der Waals surface area (Å²) in [5.74, 6) is -0.307. The molecule has 0 aliphatic carbocycles. The average Bonchev–Trinajstić information content (AvgIpc) is 3.05. The Bertz CT molecular complexity index is 1040. The van der Waals surface area contributed by atoms with Gasteiger partial charge in [0, 0.05) is 10.7 Å². The summed E-state index contributed by atoms with van der Waals surface area (Å²) in [4.78, 5) is 20.0. The highest BCUT2D eigenvalue weighted by Gasteiger charge is 2.38. The number of carbonyl (C=O) groups excluding carboxylic acids is 1. The Morgan fingerprint density at radius 2 is 1.83 bits per heavy atom. The molecule has 0 spiro atoms. The van der Waals surface area contributed by atoms with E-state index >= 15 is 0 Å². The van der Waals surface area contributed by atoms with E-state index in [4.69, 9.17) is 21.3 Å². The molecule has 4 rings (SSSR count). The lowest BCUT2D eigenvalue weighted by Crippen LogP contribution is -2.30. The summed E-state index contributed by atoms with van der Waals surface area (Å²) in [5, 5.41) is 1.47.